The molecule has 0 spiro atoms. The quantitative estimate of drug-likeness (QED) is 0.834. The number of nitrogens with one attached hydrogen (secondary N) is 1. The molecular formula is C16H23NO4. The van der Waals surface area contributed by atoms with Gasteiger partial charge in [0.15, 0.2) is 5.60 Å². The molecule has 5 heteroatoms. The second-order valence-electron chi connectivity index (χ2n) is 4.99. The molecule has 5 nitrogen and oxygen atoms in total. The zero-order valence-corrected chi connectivity index (χ0v) is 12.7. The maximum atomic E-state index is 12.4. The molecule has 1 atom stereocenters. The van der Waals surface area contributed by atoms with Crippen molar-refractivity contribution in [1.82, 2.24) is 5.32 Å². The van der Waals surface area contributed by atoms with Gasteiger partial charge in [0.25, 0.3) is 5.91 Å². The maximum absolute atomic E-state index is 12.4. The Morgan fingerprint density at radius 2 is 2.24 bits per heavy atom. The van der Waals surface area contributed by atoms with Crippen molar-refractivity contribution in [1.29, 1.82) is 0 Å². The van der Waals surface area contributed by atoms with Crippen LogP contribution in [-0.4, -0.2) is 37.9 Å². The maximum Gasteiger partial charge on any atom is 0.255 e. The highest BCUT2D eigenvalue weighted by Gasteiger charge is 2.43. The van der Waals surface area contributed by atoms with Crippen LogP contribution in [-0.2, 0) is 20.8 Å². The Hall–Kier alpha value is -1.59. The van der Waals surface area contributed by atoms with E-state index in [-0.39, 0.29) is 5.91 Å². The molecule has 1 aromatic carbocycles. The van der Waals surface area contributed by atoms with Crippen LogP contribution >= 0.6 is 0 Å². The van der Waals surface area contributed by atoms with Gasteiger partial charge < -0.3 is 19.5 Å². The second-order valence-corrected chi connectivity index (χ2v) is 4.99. The number of rotatable bonds is 7. The molecule has 1 fully saturated rings. The summed E-state index contributed by atoms with van der Waals surface area (Å²) in [4.78, 5) is 12.4. The molecule has 2 rings (SSSR count). The van der Waals surface area contributed by atoms with Gasteiger partial charge in [-0.1, -0.05) is 12.1 Å². The van der Waals surface area contributed by atoms with Gasteiger partial charge in [0.1, 0.15) is 5.75 Å². The van der Waals surface area contributed by atoms with Gasteiger partial charge in [-0.25, -0.2) is 0 Å². The number of ether oxygens (including phenoxy) is 3. The van der Waals surface area contributed by atoms with Crippen LogP contribution in [0.1, 0.15) is 25.8 Å². The Bertz CT molecular complexity index is 469. The summed E-state index contributed by atoms with van der Waals surface area (Å²) in [6.07, 6.45) is 0.603. The van der Waals surface area contributed by atoms with Crippen molar-refractivity contribution in [2.45, 2.75) is 32.4 Å². The second kappa shape index (κ2) is 7.43. The first-order valence-electron chi connectivity index (χ1n) is 7.42. The first-order valence-corrected chi connectivity index (χ1v) is 7.42. The van der Waals surface area contributed by atoms with E-state index in [1.807, 2.05) is 38.1 Å². The van der Waals surface area contributed by atoms with Crippen molar-refractivity contribution in [3.63, 3.8) is 0 Å². The van der Waals surface area contributed by atoms with Crippen LogP contribution in [0.5, 0.6) is 5.75 Å². The molecule has 0 bridgehead atoms. The molecule has 1 aliphatic rings. The fourth-order valence-electron chi connectivity index (χ4n) is 2.44. The van der Waals surface area contributed by atoms with Gasteiger partial charge in [-0.2, -0.15) is 0 Å². The van der Waals surface area contributed by atoms with Crippen LogP contribution in [0.2, 0.25) is 0 Å². The summed E-state index contributed by atoms with van der Waals surface area (Å²) in [5.41, 5.74) is 0.173. The van der Waals surface area contributed by atoms with Gasteiger partial charge >= 0.3 is 0 Å². The summed E-state index contributed by atoms with van der Waals surface area (Å²) in [7, 11) is 0. The standard InChI is InChI=1S/C16H23NO4/c1-3-20-14-7-5-6-13(10-14)11-17-15(18)16(21-4-2)8-9-19-12-16/h5-7,10H,3-4,8-9,11-12H2,1-2H3,(H,17,18). The van der Waals surface area contributed by atoms with Gasteiger partial charge in [-0.05, 0) is 31.5 Å². The van der Waals surface area contributed by atoms with Gasteiger partial charge in [0.2, 0.25) is 0 Å². The average Bonchev–Trinajstić information content (AvgIpc) is 2.96. The van der Waals surface area contributed by atoms with Crippen LogP contribution in [0.25, 0.3) is 0 Å². The molecule has 116 valence electrons. The van der Waals surface area contributed by atoms with E-state index < -0.39 is 5.60 Å². The zero-order valence-electron chi connectivity index (χ0n) is 12.7. The summed E-state index contributed by atoms with van der Waals surface area (Å²) >= 11 is 0. The summed E-state index contributed by atoms with van der Waals surface area (Å²) < 4.78 is 16.4. The first-order chi connectivity index (χ1) is 10.2. The zero-order chi connectivity index (χ0) is 15.1. The minimum Gasteiger partial charge on any atom is -0.494 e. The molecule has 0 aliphatic carbocycles. The molecule has 0 saturated carbocycles. The summed E-state index contributed by atoms with van der Waals surface area (Å²) in [5.74, 6) is 0.705. The third-order valence-electron chi connectivity index (χ3n) is 3.48. The number of benzene rings is 1. The molecule has 21 heavy (non-hydrogen) atoms. The normalized spacial score (nSPS) is 21.2. The van der Waals surface area contributed by atoms with Gasteiger partial charge in [-0.15, -0.1) is 0 Å². The van der Waals surface area contributed by atoms with Gasteiger partial charge in [0, 0.05) is 19.6 Å². The predicted octanol–water partition coefficient (Wildman–Crippen LogP) is 1.90. The minimum atomic E-state index is -0.827. The van der Waals surface area contributed by atoms with Crippen LogP contribution in [0, 0.1) is 0 Å². The lowest BCUT2D eigenvalue weighted by Gasteiger charge is -2.25. The molecule has 1 aliphatic heterocycles. The van der Waals surface area contributed by atoms with Crippen molar-refractivity contribution >= 4 is 5.91 Å². The fraction of sp³-hybridized carbons (Fsp3) is 0.562. The van der Waals surface area contributed by atoms with Crippen LogP contribution < -0.4 is 10.1 Å². The summed E-state index contributed by atoms with van der Waals surface area (Å²) in [6.45, 7) is 6.30. The lowest BCUT2D eigenvalue weighted by atomic mass is 10.0. The Balaban J connectivity index is 1.95. The third kappa shape index (κ3) is 3.95. The van der Waals surface area contributed by atoms with E-state index in [0.29, 0.717) is 39.4 Å². The van der Waals surface area contributed by atoms with Crippen LogP contribution in [0.3, 0.4) is 0 Å². The number of hydrogen-bond acceptors (Lipinski definition) is 4. The summed E-state index contributed by atoms with van der Waals surface area (Å²) in [6, 6.07) is 7.72. The van der Waals surface area contributed by atoms with Crippen molar-refractivity contribution in [3.05, 3.63) is 29.8 Å². The predicted molar refractivity (Wildman–Crippen MR) is 79.3 cm³/mol. The Morgan fingerprint density at radius 1 is 1.38 bits per heavy atom. The lowest BCUT2D eigenvalue weighted by molar-refractivity contribution is -0.146. The van der Waals surface area contributed by atoms with E-state index in [1.54, 1.807) is 0 Å². The van der Waals surface area contributed by atoms with E-state index in [9.17, 15) is 4.79 Å². The molecule has 1 N–H and O–H groups in total. The van der Waals surface area contributed by atoms with Crippen molar-refractivity contribution < 1.29 is 19.0 Å². The Labute approximate surface area is 125 Å². The highest BCUT2D eigenvalue weighted by molar-refractivity contribution is 5.85. The molecule has 1 saturated heterocycles. The minimum absolute atomic E-state index is 0.108. The van der Waals surface area contributed by atoms with Crippen LogP contribution in [0.15, 0.2) is 24.3 Å². The fourth-order valence-corrected chi connectivity index (χ4v) is 2.44. The molecule has 1 unspecified atom stereocenters. The number of carbonyl (C=O) groups excluding carboxylic acids is 1. The Kier molecular flexibility index (Phi) is 5.59. The molecule has 1 amide bonds. The molecule has 0 radical (unpaired) electrons. The van der Waals surface area contributed by atoms with E-state index in [0.717, 1.165) is 11.3 Å². The van der Waals surface area contributed by atoms with E-state index >= 15 is 0 Å². The van der Waals surface area contributed by atoms with Gasteiger partial charge in [-0.3, -0.25) is 4.79 Å². The largest absolute Gasteiger partial charge is 0.494 e. The SMILES string of the molecule is CCOc1cccc(CNC(=O)C2(OCC)CCOC2)c1. The smallest absolute Gasteiger partial charge is 0.255 e. The Morgan fingerprint density at radius 3 is 2.90 bits per heavy atom. The first kappa shape index (κ1) is 15.8. The highest BCUT2D eigenvalue weighted by atomic mass is 16.6. The number of carbonyl (C=O) groups is 1. The summed E-state index contributed by atoms with van der Waals surface area (Å²) in [5, 5.41) is 2.94. The third-order valence-corrected chi connectivity index (χ3v) is 3.48. The number of amides is 1. The lowest BCUT2D eigenvalue weighted by Crippen LogP contribution is -2.49. The molecule has 1 heterocycles. The van der Waals surface area contributed by atoms with Crippen molar-refractivity contribution in [2.24, 2.45) is 0 Å². The number of hydrogen-bond donors (Lipinski definition) is 1. The topological polar surface area (TPSA) is 56.8 Å². The molecule has 0 aromatic heterocycles. The monoisotopic (exact) mass is 293 g/mol. The van der Waals surface area contributed by atoms with E-state index in [2.05, 4.69) is 5.32 Å². The highest BCUT2D eigenvalue weighted by Crippen LogP contribution is 2.24. The van der Waals surface area contributed by atoms with E-state index in [1.165, 1.54) is 0 Å². The molecule has 1 aromatic rings. The average molecular weight is 293 g/mol. The molecular weight excluding hydrogens is 270 g/mol. The van der Waals surface area contributed by atoms with Gasteiger partial charge in [0.05, 0.1) is 19.8 Å². The van der Waals surface area contributed by atoms with Crippen molar-refractivity contribution in [2.75, 3.05) is 26.4 Å². The van der Waals surface area contributed by atoms with Crippen molar-refractivity contribution in [3.8, 4) is 5.75 Å². The van der Waals surface area contributed by atoms with Crippen LogP contribution in [0.4, 0.5) is 0 Å². The van der Waals surface area contributed by atoms with E-state index in [4.69, 9.17) is 14.2 Å².